The minimum absolute atomic E-state index is 0.694. The van der Waals surface area contributed by atoms with E-state index in [2.05, 4.69) is 18.9 Å². The fraction of sp³-hybridized carbons (Fsp3) is 1.00. The molecule has 0 amide bonds. The summed E-state index contributed by atoms with van der Waals surface area (Å²) in [5, 5.41) is 0. The van der Waals surface area contributed by atoms with Crippen molar-refractivity contribution in [3.63, 3.8) is 0 Å². The van der Waals surface area contributed by atoms with Crippen molar-refractivity contribution in [2.24, 2.45) is 11.7 Å². The van der Waals surface area contributed by atoms with E-state index in [1.807, 2.05) is 0 Å². The van der Waals surface area contributed by atoms with E-state index in [1.165, 1.54) is 32.1 Å². The van der Waals surface area contributed by atoms with Crippen LogP contribution in [0.15, 0.2) is 0 Å². The van der Waals surface area contributed by atoms with Crippen molar-refractivity contribution in [3.05, 3.63) is 0 Å². The van der Waals surface area contributed by atoms with Gasteiger partial charge in [0.1, 0.15) is 0 Å². The first-order valence-corrected chi connectivity index (χ1v) is 6.77. The van der Waals surface area contributed by atoms with E-state index in [0.717, 1.165) is 26.3 Å². The van der Waals surface area contributed by atoms with Gasteiger partial charge in [0.05, 0.1) is 6.61 Å². The summed E-state index contributed by atoms with van der Waals surface area (Å²) < 4.78 is 5.60. The van der Waals surface area contributed by atoms with E-state index in [0.29, 0.717) is 12.0 Å². The second-order valence-electron chi connectivity index (χ2n) is 4.94. The van der Waals surface area contributed by atoms with Gasteiger partial charge < -0.3 is 15.4 Å². The number of unbranched alkanes of at least 4 members (excludes halogenated alkanes) is 1. The number of rotatable bonds is 8. The minimum Gasteiger partial charge on any atom is -0.380 e. The fourth-order valence-corrected chi connectivity index (χ4v) is 2.60. The smallest absolute Gasteiger partial charge is 0.0593 e. The van der Waals surface area contributed by atoms with Gasteiger partial charge in [-0.3, -0.25) is 0 Å². The van der Waals surface area contributed by atoms with Crippen LogP contribution in [-0.2, 0) is 4.74 Å². The molecule has 3 heteroatoms. The van der Waals surface area contributed by atoms with Crippen molar-refractivity contribution in [1.29, 1.82) is 0 Å². The summed E-state index contributed by atoms with van der Waals surface area (Å²) in [7, 11) is 2.21. The van der Waals surface area contributed by atoms with Gasteiger partial charge in [-0.15, -0.1) is 0 Å². The standard InChI is InChI=1S/C13H28N2O/c1-3-4-9-16-10-8-15(2)13-7-5-6-12(13)11-14/h12-13H,3-11,14H2,1-2H3. The second kappa shape index (κ2) is 8.04. The van der Waals surface area contributed by atoms with Crippen LogP contribution in [0, 0.1) is 5.92 Å². The van der Waals surface area contributed by atoms with Crippen LogP contribution in [0.5, 0.6) is 0 Å². The molecule has 2 N–H and O–H groups in total. The number of hydrogen-bond donors (Lipinski definition) is 1. The summed E-state index contributed by atoms with van der Waals surface area (Å²) >= 11 is 0. The van der Waals surface area contributed by atoms with Gasteiger partial charge in [-0.25, -0.2) is 0 Å². The van der Waals surface area contributed by atoms with E-state index in [4.69, 9.17) is 10.5 Å². The first kappa shape index (κ1) is 13.9. The molecule has 0 aliphatic heterocycles. The van der Waals surface area contributed by atoms with Gasteiger partial charge in [0.25, 0.3) is 0 Å². The third-order valence-corrected chi connectivity index (χ3v) is 3.72. The summed E-state index contributed by atoms with van der Waals surface area (Å²) in [5.41, 5.74) is 5.80. The molecular formula is C13H28N2O. The van der Waals surface area contributed by atoms with Gasteiger partial charge >= 0.3 is 0 Å². The highest BCUT2D eigenvalue weighted by Gasteiger charge is 2.28. The lowest BCUT2D eigenvalue weighted by Gasteiger charge is -2.28. The highest BCUT2D eigenvalue weighted by atomic mass is 16.5. The van der Waals surface area contributed by atoms with Crippen LogP contribution < -0.4 is 5.73 Å². The Labute approximate surface area is 100 Å². The van der Waals surface area contributed by atoms with Crippen molar-refractivity contribution >= 4 is 0 Å². The maximum Gasteiger partial charge on any atom is 0.0593 e. The van der Waals surface area contributed by atoms with Gasteiger partial charge in [0.15, 0.2) is 0 Å². The highest BCUT2D eigenvalue weighted by molar-refractivity contribution is 4.84. The molecule has 1 aliphatic carbocycles. The maximum atomic E-state index is 5.80. The van der Waals surface area contributed by atoms with E-state index >= 15 is 0 Å². The van der Waals surface area contributed by atoms with Gasteiger partial charge in [0.2, 0.25) is 0 Å². The van der Waals surface area contributed by atoms with Gasteiger partial charge in [-0.05, 0) is 38.8 Å². The summed E-state index contributed by atoms with van der Waals surface area (Å²) in [6.45, 7) is 5.86. The van der Waals surface area contributed by atoms with Crippen LogP contribution in [-0.4, -0.2) is 44.3 Å². The average Bonchev–Trinajstić information content (AvgIpc) is 2.76. The zero-order chi connectivity index (χ0) is 11.8. The molecule has 0 bridgehead atoms. The summed E-state index contributed by atoms with van der Waals surface area (Å²) in [5.74, 6) is 0.709. The van der Waals surface area contributed by atoms with Gasteiger partial charge in [-0.2, -0.15) is 0 Å². The Morgan fingerprint density at radius 2 is 2.12 bits per heavy atom. The molecule has 1 fully saturated rings. The third kappa shape index (κ3) is 4.40. The topological polar surface area (TPSA) is 38.5 Å². The predicted octanol–water partition coefficient (Wildman–Crippen LogP) is 1.86. The highest BCUT2D eigenvalue weighted by Crippen LogP contribution is 2.28. The third-order valence-electron chi connectivity index (χ3n) is 3.72. The second-order valence-corrected chi connectivity index (χ2v) is 4.94. The SMILES string of the molecule is CCCCOCCN(C)C1CCCC1CN. The molecule has 0 aromatic rings. The number of likely N-dealkylation sites (N-methyl/N-ethyl adjacent to an activating group) is 1. The Morgan fingerprint density at radius 3 is 2.81 bits per heavy atom. The van der Waals surface area contributed by atoms with Crippen molar-refractivity contribution in [2.75, 3.05) is 33.4 Å². The Balaban J connectivity index is 2.11. The lowest BCUT2D eigenvalue weighted by Crippen LogP contribution is -2.39. The predicted molar refractivity (Wildman–Crippen MR) is 68.5 cm³/mol. The first-order valence-electron chi connectivity index (χ1n) is 6.77. The van der Waals surface area contributed by atoms with E-state index < -0.39 is 0 Å². The quantitative estimate of drug-likeness (QED) is 0.645. The van der Waals surface area contributed by atoms with E-state index in [9.17, 15) is 0 Å². The molecular weight excluding hydrogens is 200 g/mol. The van der Waals surface area contributed by atoms with E-state index in [-0.39, 0.29) is 0 Å². The molecule has 1 aliphatic rings. The molecule has 0 aromatic heterocycles. The van der Waals surface area contributed by atoms with Gasteiger partial charge in [0, 0.05) is 19.2 Å². The number of nitrogens with zero attached hydrogens (tertiary/aromatic N) is 1. The number of hydrogen-bond acceptors (Lipinski definition) is 3. The Morgan fingerprint density at radius 1 is 1.31 bits per heavy atom. The molecule has 0 saturated heterocycles. The van der Waals surface area contributed by atoms with Crippen LogP contribution in [0.2, 0.25) is 0 Å². The molecule has 0 radical (unpaired) electrons. The van der Waals surface area contributed by atoms with Crippen molar-refractivity contribution in [3.8, 4) is 0 Å². The zero-order valence-electron chi connectivity index (χ0n) is 11.0. The molecule has 3 nitrogen and oxygen atoms in total. The lowest BCUT2D eigenvalue weighted by molar-refractivity contribution is 0.0892. The molecule has 1 saturated carbocycles. The lowest BCUT2D eigenvalue weighted by atomic mass is 10.0. The molecule has 0 heterocycles. The Kier molecular flexibility index (Phi) is 7.01. The monoisotopic (exact) mass is 228 g/mol. The number of nitrogens with two attached hydrogens (primary N) is 1. The number of ether oxygens (including phenoxy) is 1. The Bertz CT molecular complexity index is 175. The molecule has 16 heavy (non-hydrogen) atoms. The van der Waals surface area contributed by atoms with Crippen LogP contribution >= 0.6 is 0 Å². The summed E-state index contributed by atoms with van der Waals surface area (Å²) in [4.78, 5) is 2.44. The largest absolute Gasteiger partial charge is 0.380 e. The van der Waals surface area contributed by atoms with E-state index in [1.54, 1.807) is 0 Å². The van der Waals surface area contributed by atoms with Crippen molar-refractivity contribution < 1.29 is 4.74 Å². The first-order chi connectivity index (χ1) is 7.79. The molecule has 96 valence electrons. The van der Waals surface area contributed by atoms with Crippen LogP contribution in [0.4, 0.5) is 0 Å². The summed E-state index contributed by atoms with van der Waals surface area (Å²) in [6, 6.07) is 0.694. The molecule has 0 aromatic carbocycles. The van der Waals surface area contributed by atoms with Crippen LogP contribution in [0.25, 0.3) is 0 Å². The average molecular weight is 228 g/mol. The van der Waals surface area contributed by atoms with Crippen LogP contribution in [0.1, 0.15) is 39.0 Å². The normalized spacial score (nSPS) is 25.5. The van der Waals surface area contributed by atoms with Crippen molar-refractivity contribution in [2.45, 2.75) is 45.1 Å². The van der Waals surface area contributed by atoms with Gasteiger partial charge in [-0.1, -0.05) is 19.8 Å². The zero-order valence-corrected chi connectivity index (χ0v) is 11.0. The molecule has 1 rings (SSSR count). The maximum absolute atomic E-state index is 5.80. The fourth-order valence-electron chi connectivity index (χ4n) is 2.60. The van der Waals surface area contributed by atoms with Crippen molar-refractivity contribution in [1.82, 2.24) is 4.90 Å². The molecule has 0 spiro atoms. The Hall–Kier alpha value is -0.120. The minimum atomic E-state index is 0.694. The molecule has 2 unspecified atom stereocenters. The summed E-state index contributed by atoms with van der Waals surface area (Å²) in [6.07, 6.45) is 6.36. The molecule has 2 atom stereocenters. The van der Waals surface area contributed by atoms with Crippen LogP contribution in [0.3, 0.4) is 0 Å².